The van der Waals surface area contributed by atoms with E-state index >= 15 is 0 Å². The van der Waals surface area contributed by atoms with Crippen molar-refractivity contribution in [2.75, 3.05) is 5.75 Å². The van der Waals surface area contributed by atoms with Crippen molar-refractivity contribution in [2.45, 2.75) is 56.7 Å². The number of rotatable bonds is 5. The Kier molecular flexibility index (Phi) is 4.45. The van der Waals surface area contributed by atoms with Gasteiger partial charge in [-0.05, 0) is 25.0 Å². The van der Waals surface area contributed by atoms with E-state index in [0.717, 1.165) is 30.2 Å². The van der Waals surface area contributed by atoms with Gasteiger partial charge in [-0.25, -0.2) is 0 Å². The van der Waals surface area contributed by atoms with Crippen molar-refractivity contribution in [3.63, 3.8) is 0 Å². The quantitative estimate of drug-likeness (QED) is 0.820. The lowest BCUT2D eigenvalue weighted by Gasteiger charge is -2.29. The molecule has 0 aromatic carbocycles. The molecule has 17 heavy (non-hydrogen) atoms. The fraction of sp³-hybridized carbons (Fsp3) is 0.833. The highest BCUT2D eigenvalue weighted by atomic mass is 32.2. The van der Waals surface area contributed by atoms with Gasteiger partial charge in [0.15, 0.2) is 5.82 Å². The Morgan fingerprint density at radius 1 is 1.35 bits per heavy atom. The van der Waals surface area contributed by atoms with E-state index < -0.39 is 0 Å². The van der Waals surface area contributed by atoms with Gasteiger partial charge in [-0.2, -0.15) is 16.7 Å². The lowest BCUT2D eigenvalue weighted by Crippen LogP contribution is -2.38. The molecule has 0 radical (unpaired) electrons. The first-order valence-corrected chi connectivity index (χ1v) is 7.60. The van der Waals surface area contributed by atoms with Crippen molar-refractivity contribution < 1.29 is 4.52 Å². The zero-order valence-corrected chi connectivity index (χ0v) is 11.3. The molecule has 1 aromatic rings. The summed E-state index contributed by atoms with van der Waals surface area (Å²) in [5, 5.41) is 4.02. The minimum atomic E-state index is -0.362. The number of thioether (sulfide) groups is 1. The number of nitrogens with two attached hydrogens (primary N) is 1. The minimum absolute atomic E-state index is 0.362. The molecule has 0 atom stereocenters. The molecule has 1 fully saturated rings. The summed E-state index contributed by atoms with van der Waals surface area (Å²) in [5.41, 5.74) is 5.98. The van der Waals surface area contributed by atoms with Crippen molar-refractivity contribution in [1.29, 1.82) is 0 Å². The number of nitrogens with zero attached hydrogens (tertiary/aromatic N) is 2. The largest absolute Gasteiger partial charge is 0.337 e. The zero-order valence-electron chi connectivity index (χ0n) is 10.4. The van der Waals surface area contributed by atoms with E-state index in [9.17, 15) is 0 Å². The average molecular weight is 255 g/mol. The average Bonchev–Trinajstić information content (AvgIpc) is 2.80. The molecule has 4 nitrogen and oxygen atoms in total. The molecule has 1 aliphatic carbocycles. The van der Waals surface area contributed by atoms with E-state index in [0.29, 0.717) is 5.89 Å². The second kappa shape index (κ2) is 5.87. The van der Waals surface area contributed by atoms with E-state index in [1.54, 1.807) is 0 Å². The molecular weight excluding hydrogens is 234 g/mol. The first kappa shape index (κ1) is 12.9. The predicted octanol–water partition coefficient (Wildman–Crippen LogP) is 2.83. The van der Waals surface area contributed by atoms with Crippen LogP contribution in [0.25, 0.3) is 0 Å². The molecule has 0 amide bonds. The zero-order chi connectivity index (χ0) is 12.1. The maximum absolute atomic E-state index is 6.35. The van der Waals surface area contributed by atoms with Crippen molar-refractivity contribution in [3.05, 3.63) is 11.7 Å². The van der Waals surface area contributed by atoms with Crippen LogP contribution >= 0.6 is 11.8 Å². The molecule has 0 bridgehead atoms. The van der Waals surface area contributed by atoms with Crippen molar-refractivity contribution in [2.24, 2.45) is 5.73 Å². The van der Waals surface area contributed by atoms with Crippen LogP contribution in [0.4, 0.5) is 0 Å². The topological polar surface area (TPSA) is 64.9 Å². The summed E-state index contributed by atoms with van der Waals surface area (Å²) in [4.78, 5) is 4.45. The van der Waals surface area contributed by atoms with Crippen LogP contribution in [0.5, 0.6) is 0 Å². The Balaban J connectivity index is 1.96. The third kappa shape index (κ3) is 3.22. The first-order valence-electron chi connectivity index (χ1n) is 6.44. The van der Waals surface area contributed by atoms with E-state index in [2.05, 4.69) is 17.1 Å². The Labute approximate surface area is 107 Å². The summed E-state index contributed by atoms with van der Waals surface area (Å²) >= 11 is 1.84. The van der Waals surface area contributed by atoms with Gasteiger partial charge < -0.3 is 10.3 Å². The van der Waals surface area contributed by atoms with Crippen LogP contribution in [-0.2, 0) is 11.3 Å². The van der Waals surface area contributed by atoms with Crippen molar-refractivity contribution in [1.82, 2.24) is 10.1 Å². The summed E-state index contributed by atoms with van der Waals surface area (Å²) in [7, 11) is 0. The molecule has 0 saturated heterocycles. The Morgan fingerprint density at radius 2 is 2.12 bits per heavy atom. The second-order valence-corrected chi connectivity index (χ2v) is 5.89. The van der Waals surface area contributed by atoms with Crippen LogP contribution in [-0.4, -0.2) is 15.9 Å². The smallest absolute Gasteiger partial charge is 0.246 e. The molecular formula is C12H21N3OS. The Bertz CT molecular complexity index is 347. The van der Waals surface area contributed by atoms with Gasteiger partial charge in [0.1, 0.15) is 0 Å². The monoisotopic (exact) mass is 255 g/mol. The summed E-state index contributed by atoms with van der Waals surface area (Å²) in [6, 6.07) is 0. The molecule has 2 N–H and O–H groups in total. The molecule has 2 rings (SSSR count). The van der Waals surface area contributed by atoms with Gasteiger partial charge in [0.25, 0.3) is 0 Å². The fourth-order valence-electron chi connectivity index (χ4n) is 2.22. The Morgan fingerprint density at radius 3 is 2.82 bits per heavy atom. The van der Waals surface area contributed by atoms with E-state index in [4.69, 9.17) is 10.3 Å². The molecule has 1 heterocycles. The summed E-state index contributed by atoms with van der Waals surface area (Å²) < 4.78 is 5.34. The van der Waals surface area contributed by atoms with E-state index in [1.807, 2.05) is 11.8 Å². The number of aromatic nitrogens is 2. The predicted molar refractivity (Wildman–Crippen MR) is 69.7 cm³/mol. The fourth-order valence-corrected chi connectivity index (χ4v) is 2.95. The molecule has 0 unspecified atom stereocenters. The maximum atomic E-state index is 6.35. The third-order valence-electron chi connectivity index (χ3n) is 3.22. The molecule has 96 valence electrons. The highest BCUT2D eigenvalue weighted by Gasteiger charge is 2.34. The van der Waals surface area contributed by atoms with Crippen LogP contribution < -0.4 is 5.73 Å². The Hall–Kier alpha value is -0.550. The maximum Gasteiger partial charge on any atom is 0.246 e. The summed E-state index contributed by atoms with van der Waals surface area (Å²) in [6.45, 7) is 2.17. The first-order chi connectivity index (χ1) is 8.24. The van der Waals surface area contributed by atoms with Gasteiger partial charge in [-0.15, -0.1) is 0 Å². The van der Waals surface area contributed by atoms with Gasteiger partial charge in [0.05, 0.1) is 11.3 Å². The van der Waals surface area contributed by atoms with E-state index in [-0.39, 0.29) is 5.54 Å². The van der Waals surface area contributed by atoms with Crippen molar-refractivity contribution >= 4 is 11.8 Å². The van der Waals surface area contributed by atoms with Crippen LogP contribution in [0.1, 0.15) is 57.2 Å². The van der Waals surface area contributed by atoms with Crippen LogP contribution in [0, 0.1) is 0 Å². The lowest BCUT2D eigenvalue weighted by atomic mass is 9.82. The molecule has 0 spiro atoms. The molecule has 1 aromatic heterocycles. The number of hydrogen-bond acceptors (Lipinski definition) is 5. The van der Waals surface area contributed by atoms with Crippen LogP contribution in [0.15, 0.2) is 4.52 Å². The SMILES string of the molecule is CCCSCc1noc(C2(N)CCCCC2)n1. The van der Waals surface area contributed by atoms with Gasteiger partial charge in [0.2, 0.25) is 5.89 Å². The van der Waals surface area contributed by atoms with Crippen LogP contribution in [0.2, 0.25) is 0 Å². The van der Waals surface area contributed by atoms with Gasteiger partial charge in [-0.1, -0.05) is 31.3 Å². The molecule has 5 heteroatoms. The minimum Gasteiger partial charge on any atom is -0.337 e. The van der Waals surface area contributed by atoms with Gasteiger partial charge >= 0.3 is 0 Å². The highest BCUT2D eigenvalue weighted by Crippen LogP contribution is 2.33. The third-order valence-corrected chi connectivity index (χ3v) is 4.38. The molecule has 0 aliphatic heterocycles. The normalized spacial score (nSPS) is 19.4. The van der Waals surface area contributed by atoms with Gasteiger partial charge in [-0.3, -0.25) is 0 Å². The molecule has 1 aliphatic rings. The molecule has 1 saturated carbocycles. The second-order valence-electron chi connectivity index (χ2n) is 4.79. The van der Waals surface area contributed by atoms with Gasteiger partial charge in [0, 0.05) is 0 Å². The standard InChI is InChI=1S/C12H21N3OS/c1-2-8-17-9-10-14-11(16-15-10)12(13)6-4-3-5-7-12/h2-9,13H2,1H3. The van der Waals surface area contributed by atoms with E-state index in [1.165, 1.54) is 25.7 Å². The summed E-state index contributed by atoms with van der Waals surface area (Å²) in [6.07, 6.45) is 6.72. The summed E-state index contributed by atoms with van der Waals surface area (Å²) in [5.74, 6) is 3.39. The highest BCUT2D eigenvalue weighted by molar-refractivity contribution is 7.98. The number of hydrogen-bond donors (Lipinski definition) is 1. The van der Waals surface area contributed by atoms with Crippen LogP contribution in [0.3, 0.4) is 0 Å². The van der Waals surface area contributed by atoms with Crippen molar-refractivity contribution in [3.8, 4) is 0 Å². The lowest BCUT2D eigenvalue weighted by molar-refractivity contribution is 0.219.